The molecule has 1 aliphatic heterocycles. The summed E-state index contributed by atoms with van der Waals surface area (Å²) in [5, 5.41) is 0. The number of hydrogen-bond donors (Lipinski definition) is 0. The van der Waals surface area contributed by atoms with E-state index in [-0.39, 0.29) is 5.91 Å². The number of halogens is 1. The molecule has 0 spiro atoms. The first-order valence-electron chi connectivity index (χ1n) is 4.79. The van der Waals surface area contributed by atoms with Crippen LogP contribution in [0.5, 0.6) is 5.75 Å². The van der Waals surface area contributed by atoms with Gasteiger partial charge >= 0.3 is 0 Å². The minimum Gasteiger partial charge on any atom is -0.497 e. The second-order valence-corrected chi connectivity index (χ2v) is 5.27. The first-order valence-corrected chi connectivity index (χ1v) is 6.04. The highest BCUT2D eigenvalue weighted by Crippen LogP contribution is 2.27. The van der Waals surface area contributed by atoms with Gasteiger partial charge in [-0.2, -0.15) is 0 Å². The predicted molar refractivity (Wildman–Crippen MR) is 67.8 cm³/mol. The Hall–Kier alpha value is -0.780. The molecule has 1 unspecified atom stereocenters. The van der Waals surface area contributed by atoms with E-state index in [1.54, 1.807) is 7.11 Å². The lowest BCUT2D eigenvalue weighted by Gasteiger charge is -2.16. The van der Waals surface area contributed by atoms with Gasteiger partial charge in [0.25, 0.3) is 0 Å². The van der Waals surface area contributed by atoms with Gasteiger partial charge in [0.15, 0.2) is 0 Å². The highest BCUT2D eigenvalue weighted by molar-refractivity contribution is 14.1. The molecule has 0 N–H and O–H groups in total. The van der Waals surface area contributed by atoms with Crippen LogP contribution in [0.3, 0.4) is 0 Å². The van der Waals surface area contributed by atoms with Crippen molar-refractivity contribution >= 4 is 34.2 Å². The molecule has 0 aliphatic carbocycles. The van der Waals surface area contributed by atoms with Crippen LogP contribution in [0.15, 0.2) is 24.3 Å². The van der Waals surface area contributed by atoms with E-state index in [9.17, 15) is 4.79 Å². The van der Waals surface area contributed by atoms with Gasteiger partial charge < -0.3 is 9.64 Å². The van der Waals surface area contributed by atoms with Gasteiger partial charge in [-0.05, 0) is 12.1 Å². The average Bonchev–Trinajstić information content (AvgIpc) is 2.58. The first-order chi connectivity index (χ1) is 7.20. The topological polar surface area (TPSA) is 29.5 Å². The maximum Gasteiger partial charge on any atom is 0.228 e. The first kappa shape index (κ1) is 10.7. The normalized spacial score (nSPS) is 20.8. The molecule has 4 heteroatoms. The smallest absolute Gasteiger partial charge is 0.228 e. The molecule has 1 amide bonds. The number of benzene rings is 1. The lowest BCUT2D eigenvalue weighted by Crippen LogP contribution is -2.24. The van der Waals surface area contributed by atoms with E-state index in [1.807, 2.05) is 29.2 Å². The van der Waals surface area contributed by atoms with Crippen molar-refractivity contribution in [3.63, 3.8) is 0 Å². The third-order valence-corrected chi connectivity index (χ3v) is 3.28. The Morgan fingerprint density at radius 2 is 2.33 bits per heavy atom. The van der Waals surface area contributed by atoms with Crippen molar-refractivity contribution in [2.45, 2.75) is 10.3 Å². The summed E-state index contributed by atoms with van der Waals surface area (Å²) in [6.45, 7) is 0.798. The van der Waals surface area contributed by atoms with Gasteiger partial charge in [-0.3, -0.25) is 4.79 Å². The van der Waals surface area contributed by atoms with E-state index in [2.05, 4.69) is 22.6 Å². The Morgan fingerprint density at radius 1 is 1.53 bits per heavy atom. The molecule has 0 bridgehead atoms. The quantitative estimate of drug-likeness (QED) is 0.618. The second-order valence-electron chi connectivity index (χ2n) is 3.51. The van der Waals surface area contributed by atoms with E-state index in [0.717, 1.165) is 18.0 Å². The highest BCUT2D eigenvalue weighted by Gasteiger charge is 2.28. The molecule has 0 aromatic heterocycles. The van der Waals surface area contributed by atoms with Gasteiger partial charge in [-0.25, -0.2) is 0 Å². The second kappa shape index (κ2) is 4.38. The summed E-state index contributed by atoms with van der Waals surface area (Å²) in [5.41, 5.74) is 0.929. The monoisotopic (exact) mass is 317 g/mol. The average molecular weight is 317 g/mol. The zero-order valence-corrected chi connectivity index (χ0v) is 10.6. The lowest BCUT2D eigenvalue weighted by atomic mass is 10.3. The summed E-state index contributed by atoms with van der Waals surface area (Å²) in [6, 6.07) is 7.62. The molecule has 0 radical (unpaired) electrons. The van der Waals surface area contributed by atoms with Crippen molar-refractivity contribution in [3.05, 3.63) is 24.3 Å². The van der Waals surface area contributed by atoms with E-state index in [1.165, 1.54) is 0 Å². The van der Waals surface area contributed by atoms with Crippen LogP contribution in [0.2, 0.25) is 0 Å². The summed E-state index contributed by atoms with van der Waals surface area (Å²) < 4.78 is 5.55. The zero-order valence-electron chi connectivity index (χ0n) is 8.44. The number of carbonyl (C=O) groups is 1. The van der Waals surface area contributed by atoms with Crippen LogP contribution < -0.4 is 9.64 Å². The van der Waals surface area contributed by atoms with Crippen LogP contribution >= 0.6 is 22.6 Å². The van der Waals surface area contributed by atoms with Crippen LogP contribution in [0, 0.1) is 0 Å². The number of anilines is 1. The van der Waals surface area contributed by atoms with Crippen molar-refractivity contribution in [2.75, 3.05) is 18.6 Å². The maximum atomic E-state index is 11.7. The van der Waals surface area contributed by atoms with E-state index >= 15 is 0 Å². The minimum atomic E-state index is 0.197. The number of methoxy groups -OCH3 is 1. The Morgan fingerprint density at radius 3 is 2.93 bits per heavy atom. The predicted octanol–water partition coefficient (Wildman–Crippen LogP) is 2.24. The molecule has 1 saturated heterocycles. The maximum absolute atomic E-state index is 11.7. The number of amides is 1. The molecular formula is C11H12INO2. The number of nitrogens with zero attached hydrogens (tertiary/aromatic N) is 1. The fourth-order valence-electron chi connectivity index (χ4n) is 1.69. The van der Waals surface area contributed by atoms with Crippen LogP contribution in [-0.4, -0.2) is 23.5 Å². The molecule has 1 atom stereocenters. The van der Waals surface area contributed by atoms with Crippen LogP contribution in [0.25, 0.3) is 0 Å². The van der Waals surface area contributed by atoms with Gasteiger partial charge in [0.2, 0.25) is 5.91 Å². The van der Waals surface area contributed by atoms with Crippen molar-refractivity contribution in [2.24, 2.45) is 0 Å². The molecule has 1 aliphatic rings. The van der Waals surface area contributed by atoms with Gasteiger partial charge in [-0.1, -0.05) is 28.7 Å². The molecular weight excluding hydrogens is 305 g/mol. The third-order valence-electron chi connectivity index (χ3n) is 2.44. The lowest BCUT2D eigenvalue weighted by molar-refractivity contribution is -0.117. The van der Waals surface area contributed by atoms with Crippen molar-refractivity contribution in [3.8, 4) is 5.75 Å². The summed E-state index contributed by atoms with van der Waals surface area (Å²) >= 11 is 2.31. The summed E-state index contributed by atoms with van der Waals surface area (Å²) in [4.78, 5) is 13.5. The number of hydrogen-bond acceptors (Lipinski definition) is 2. The van der Waals surface area contributed by atoms with Gasteiger partial charge in [0.05, 0.1) is 7.11 Å². The van der Waals surface area contributed by atoms with Crippen LogP contribution in [0.1, 0.15) is 6.42 Å². The fourth-order valence-corrected chi connectivity index (χ4v) is 2.46. The molecule has 2 rings (SSSR count). The Balaban J connectivity index is 2.25. The molecule has 3 nitrogen and oxygen atoms in total. The number of alkyl halides is 1. The molecule has 80 valence electrons. The minimum absolute atomic E-state index is 0.197. The molecule has 15 heavy (non-hydrogen) atoms. The summed E-state index contributed by atoms with van der Waals surface area (Å²) in [7, 11) is 1.63. The summed E-state index contributed by atoms with van der Waals surface area (Å²) in [6.07, 6.45) is 0.637. The van der Waals surface area contributed by atoms with Gasteiger partial charge in [-0.15, -0.1) is 0 Å². The molecule has 0 saturated carbocycles. The molecule has 1 fully saturated rings. The van der Waals surface area contributed by atoms with Crippen molar-refractivity contribution in [1.29, 1.82) is 0 Å². The zero-order chi connectivity index (χ0) is 10.8. The van der Waals surface area contributed by atoms with Gasteiger partial charge in [0.1, 0.15) is 5.75 Å². The summed E-state index contributed by atoms with van der Waals surface area (Å²) in [5.74, 6) is 0.986. The van der Waals surface area contributed by atoms with Crippen molar-refractivity contribution in [1.82, 2.24) is 0 Å². The molecule has 1 aromatic rings. The van der Waals surface area contributed by atoms with Crippen LogP contribution in [-0.2, 0) is 4.79 Å². The Bertz CT molecular complexity index is 381. The molecule has 1 aromatic carbocycles. The standard InChI is InChI=1S/C11H12INO2/c1-15-10-4-2-3-9(6-10)13-7-8(12)5-11(13)14/h2-4,6,8H,5,7H2,1H3. The van der Waals surface area contributed by atoms with Crippen LogP contribution in [0.4, 0.5) is 5.69 Å². The SMILES string of the molecule is COc1cccc(N2CC(I)CC2=O)c1. The number of carbonyl (C=O) groups excluding carboxylic acids is 1. The number of rotatable bonds is 2. The fraction of sp³-hybridized carbons (Fsp3) is 0.364. The number of ether oxygens (including phenoxy) is 1. The Kier molecular flexibility index (Phi) is 3.14. The molecule has 1 heterocycles. The van der Waals surface area contributed by atoms with E-state index < -0.39 is 0 Å². The highest BCUT2D eigenvalue weighted by atomic mass is 127. The van der Waals surface area contributed by atoms with E-state index in [4.69, 9.17) is 4.74 Å². The largest absolute Gasteiger partial charge is 0.497 e. The van der Waals surface area contributed by atoms with Crippen molar-refractivity contribution < 1.29 is 9.53 Å². The van der Waals surface area contributed by atoms with E-state index in [0.29, 0.717) is 10.3 Å². The third kappa shape index (κ3) is 2.25. The Labute approximate surface area is 103 Å². The van der Waals surface area contributed by atoms with Gasteiger partial charge in [0, 0.05) is 28.6 Å².